The number of anilines is 1. The molecule has 0 unspecified atom stereocenters. The molecule has 0 radical (unpaired) electrons. The number of fused-ring (bicyclic) bond motifs is 1. The SMILES string of the molecule is Cc1ccc(N2C[C@]34C=C[C@H](O3)[C@H](C(=O)N(C)Cc3ccno3)[C@@H]4C2=O)cc1C. The van der Waals surface area contributed by atoms with Crippen LogP contribution in [0.15, 0.2) is 47.1 Å². The van der Waals surface area contributed by atoms with Gasteiger partial charge in [0.05, 0.1) is 37.2 Å². The zero-order valence-electron chi connectivity index (χ0n) is 16.7. The van der Waals surface area contributed by atoms with E-state index in [0.29, 0.717) is 18.8 Å². The van der Waals surface area contributed by atoms with Crippen LogP contribution in [0, 0.1) is 25.7 Å². The lowest BCUT2D eigenvalue weighted by molar-refractivity contribution is -0.139. The zero-order valence-corrected chi connectivity index (χ0v) is 16.7. The van der Waals surface area contributed by atoms with Gasteiger partial charge in [-0.25, -0.2) is 0 Å². The van der Waals surface area contributed by atoms with Gasteiger partial charge in [0.25, 0.3) is 0 Å². The molecule has 2 bridgehead atoms. The molecule has 7 nitrogen and oxygen atoms in total. The van der Waals surface area contributed by atoms with E-state index >= 15 is 0 Å². The van der Waals surface area contributed by atoms with Gasteiger partial charge >= 0.3 is 0 Å². The van der Waals surface area contributed by atoms with Crippen LogP contribution in [0.4, 0.5) is 5.69 Å². The average Bonchev–Trinajstić information content (AvgIpc) is 3.46. The van der Waals surface area contributed by atoms with Crippen LogP contribution in [0.25, 0.3) is 0 Å². The number of carbonyl (C=O) groups excluding carboxylic acids is 2. The molecule has 0 N–H and O–H groups in total. The molecular weight excluding hydrogens is 370 g/mol. The summed E-state index contributed by atoms with van der Waals surface area (Å²) >= 11 is 0. The van der Waals surface area contributed by atoms with Crippen molar-refractivity contribution in [3.63, 3.8) is 0 Å². The van der Waals surface area contributed by atoms with E-state index in [4.69, 9.17) is 9.26 Å². The van der Waals surface area contributed by atoms with Crippen LogP contribution >= 0.6 is 0 Å². The van der Waals surface area contributed by atoms with Crippen molar-refractivity contribution in [2.45, 2.75) is 32.1 Å². The molecule has 5 rings (SSSR count). The second-order valence-electron chi connectivity index (χ2n) is 8.27. The van der Waals surface area contributed by atoms with E-state index in [2.05, 4.69) is 5.16 Å². The highest BCUT2D eigenvalue weighted by atomic mass is 16.5. The number of benzene rings is 1. The molecule has 2 saturated heterocycles. The van der Waals surface area contributed by atoms with Gasteiger partial charge in [-0.05, 0) is 37.1 Å². The molecule has 2 amide bonds. The number of hydrogen-bond donors (Lipinski definition) is 0. The van der Waals surface area contributed by atoms with E-state index in [-0.39, 0.29) is 17.9 Å². The lowest BCUT2D eigenvalue weighted by Gasteiger charge is -2.27. The van der Waals surface area contributed by atoms with Crippen molar-refractivity contribution in [3.8, 4) is 0 Å². The van der Waals surface area contributed by atoms with Crippen molar-refractivity contribution in [2.24, 2.45) is 11.8 Å². The molecule has 2 fully saturated rings. The first-order valence-electron chi connectivity index (χ1n) is 9.80. The second kappa shape index (κ2) is 6.29. The van der Waals surface area contributed by atoms with Crippen molar-refractivity contribution in [1.29, 1.82) is 0 Å². The Morgan fingerprint density at radius 3 is 2.86 bits per heavy atom. The fraction of sp³-hybridized carbons (Fsp3) is 0.409. The van der Waals surface area contributed by atoms with Gasteiger partial charge in [0.2, 0.25) is 11.8 Å². The summed E-state index contributed by atoms with van der Waals surface area (Å²) in [7, 11) is 1.72. The van der Waals surface area contributed by atoms with Crippen molar-refractivity contribution in [3.05, 3.63) is 59.5 Å². The average molecular weight is 393 g/mol. The van der Waals surface area contributed by atoms with Gasteiger partial charge in [0, 0.05) is 18.8 Å². The number of aryl methyl sites for hydroxylation is 2. The quantitative estimate of drug-likeness (QED) is 0.745. The molecule has 3 aliphatic rings. The standard InChI is InChI=1S/C22H23N3O4/c1-13-4-5-15(10-14(13)2)25-12-22-8-6-17(28-22)18(19(22)21(25)27)20(26)24(3)11-16-7-9-23-29-16/h4-10,17-19H,11-12H2,1-3H3/t17-,18-,19+,22-/m0/s1. The van der Waals surface area contributed by atoms with Crippen molar-refractivity contribution in [2.75, 3.05) is 18.5 Å². The summed E-state index contributed by atoms with van der Waals surface area (Å²) in [5.74, 6) is -0.602. The molecule has 3 aliphatic heterocycles. The predicted molar refractivity (Wildman–Crippen MR) is 105 cm³/mol. The maximum absolute atomic E-state index is 13.4. The van der Waals surface area contributed by atoms with E-state index < -0.39 is 17.4 Å². The minimum Gasteiger partial charge on any atom is -0.360 e. The van der Waals surface area contributed by atoms with Crippen LogP contribution in [-0.4, -0.2) is 47.2 Å². The Morgan fingerprint density at radius 2 is 2.14 bits per heavy atom. The van der Waals surface area contributed by atoms with Crippen LogP contribution in [0.1, 0.15) is 16.9 Å². The summed E-state index contributed by atoms with van der Waals surface area (Å²) in [5.41, 5.74) is 2.43. The largest absolute Gasteiger partial charge is 0.360 e. The van der Waals surface area contributed by atoms with Crippen molar-refractivity contribution in [1.82, 2.24) is 10.1 Å². The van der Waals surface area contributed by atoms with Crippen LogP contribution in [-0.2, 0) is 20.9 Å². The maximum atomic E-state index is 13.4. The number of amides is 2. The number of ether oxygens (including phenoxy) is 1. The Labute approximate surface area is 168 Å². The summed E-state index contributed by atoms with van der Waals surface area (Å²) in [5, 5.41) is 3.68. The molecule has 0 saturated carbocycles. The van der Waals surface area contributed by atoms with E-state index in [1.807, 2.05) is 44.2 Å². The summed E-state index contributed by atoms with van der Waals surface area (Å²) in [6, 6.07) is 7.73. The second-order valence-corrected chi connectivity index (χ2v) is 8.27. The van der Waals surface area contributed by atoms with Crippen LogP contribution in [0.3, 0.4) is 0 Å². The highest BCUT2D eigenvalue weighted by molar-refractivity contribution is 6.03. The maximum Gasteiger partial charge on any atom is 0.234 e. The lowest BCUT2D eigenvalue weighted by Crippen LogP contribution is -2.44. The number of rotatable bonds is 4. The normalized spacial score (nSPS) is 29.6. The van der Waals surface area contributed by atoms with Gasteiger partial charge in [0.1, 0.15) is 5.60 Å². The molecule has 4 atom stereocenters. The van der Waals surface area contributed by atoms with Crippen molar-refractivity contribution < 1.29 is 18.8 Å². The molecule has 7 heteroatoms. The topological polar surface area (TPSA) is 75.9 Å². The van der Waals surface area contributed by atoms with E-state index in [9.17, 15) is 9.59 Å². The van der Waals surface area contributed by atoms with E-state index in [1.165, 1.54) is 5.56 Å². The molecule has 1 aromatic carbocycles. The van der Waals surface area contributed by atoms with Gasteiger partial charge in [-0.1, -0.05) is 23.4 Å². The third kappa shape index (κ3) is 2.64. The summed E-state index contributed by atoms with van der Waals surface area (Å²) in [6.07, 6.45) is 5.09. The summed E-state index contributed by atoms with van der Waals surface area (Å²) < 4.78 is 11.3. The van der Waals surface area contributed by atoms with Gasteiger partial charge in [-0.15, -0.1) is 0 Å². The Morgan fingerprint density at radius 1 is 1.31 bits per heavy atom. The predicted octanol–water partition coefficient (Wildman–Crippen LogP) is 2.24. The number of aromatic nitrogens is 1. The number of hydrogen-bond acceptors (Lipinski definition) is 5. The molecular formula is C22H23N3O4. The van der Waals surface area contributed by atoms with Gasteiger partial charge in [-0.2, -0.15) is 0 Å². The Bertz CT molecular complexity index is 1020. The van der Waals surface area contributed by atoms with Gasteiger partial charge in [0.15, 0.2) is 5.76 Å². The van der Waals surface area contributed by atoms with Gasteiger partial charge < -0.3 is 19.1 Å². The van der Waals surface area contributed by atoms with Crippen molar-refractivity contribution >= 4 is 17.5 Å². The Kier molecular flexibility index (Phi) is 3.93. The van der Waals surface area contributed by atoms with E-state index in [0.717, 1.165) is 11.3 Å². The third-order valence-corrected chi connectivity index (χ3v) is 6.45. The molecule has 150 valence electrons. The zero-order chi connectivity index (χ0) is 20.3. The first-order valence-corrected chi connectivity index (χ1v) is 9.80. The van der Waals surface area contributed by atoms with Crippen LogP contribution in [0.2, 0.25) is 0 Å². The number of carbonyl (C=O) groups is 2. The smallest absolute Gasteiger partial charge is 0.234 e. The summed E-state index contributed by atoms with van der Waals surface area (Å²) in [6.45, 7) is 4.82. The minimum absolute atomic E-state index is 0.0495. The van der Waals surface area contributed by atoms with E-state index in [1.54, 1.807) is 29.1 Å². The molecule has 1 aromatic heterocycles. The molecule has 1 spiro atoms. The molecule has 0 aliphatic carbocycles. The minimum atomic E-state index is -0.728. The fourth-order valence-corrected chi connectivity index (χ4v) is 4.78. The Hall–Kier alpha value is -2.93. The molecule has 4 heterocycles. The molecule has 2 aromatic rings. The monoisotopic (exact) mass is 393 g/mol. The highest BCUT2D eigenvalue weighted by Crippen LogP contribution is 2.53. The first kappa shape index (κ1) is 18.1. The lowest BCUT2D eigenvalue weighted by atomic mass is 9.76. The number of nitrogens with zero attached hydrogens (tertiary/aromatic N) is 3. The first-order chi connectivity index (χ1) is 13.9. The van der Waals surface area contributed by atoms with Gasteiger partial charge in [-0.3, -0.25) is 9.59 Å². The third-order valence-electron chi connectivity index (χ3n) is 6.45. The fourth-order valence-electron chi connectivity index (χ4n) is 4.78. The van der Waals surface area contributed by atoms with Crippen LogP contribution < -0.4 is 4.90 Å². The molecule has 29 heavy (non-hydrogen) atoms. The highest BCUT2D eigenvalue weighted by Gasteiger charge is 2.67. The van der Waals surface area contributed by atoms with Crippen LogP contribution in [0.5, 0.6) is 0 Å². The Balaban J connectivity index is 1.43. The summed E-state index contributed by atoms with van der Waals surface area (Å²) in [4.78, 5) is 30.1.